The van der Waals surface area contributed by atoms with Crippen molar-refractivity contribution >= 4 is 11.6 Å². The first-order valence-corrected chi connectivity index (χ1v) is 5.29. The molecular formula is C13H11FN2O2. The van der Waals surface area contributed by atoms with Gasteiger partial charge in [0.1, 0.15) is 11.6 Å². The minimum Gasteiger partial charge on any atom is -0.505 e. The summed E-state index contributed by atoms with van der Waals surface area (Å²) in [7, 11) is 0. The number of hydrogen-bond donors (Lipinski definition) is 2. The van der Waals surface area contributed by atoms with Crippen LogP contribution in [0.2, 0.25) is 0 Å². The Morgan fingerprint density at radius 3 is 2.83 bits per heavy atom. The minimum atomic E-state index is -0.587. The van der Waals surface area contributed by atoms with E-state index in [0.29, 0.717) is 11.3 Å². The standard InChI is InChI=1S/C13H11FN2O2/c1-8-4-5-9(7-10(8)14)16-13(18)12-11(17)3-2-6-15-12/h2-7,17H,1H3,(H,16,18). The topological polar surface area (TPSA) is 62.2 Å². The molecule has 0 radical (unpaired) electrons. The van der Waals surface area contributed by atoms with Gasteiger partial charge in [0.15, 0.2) is 5.69 Å². The lowest BCUT2D eigenvalue weighted by atomic mass is 10.2. The summed E-state index contributed by atoms with van der Waals surface area (Å²) in [6.45, 7) is 1.63. The van der Waals surface area contributed by atoms with Gasteiger partial charge in [0.2, 0.25) is 0 Å². The highest BCUT2D eigenvalue weighted by atomic mass is 19.1. The van der Waals surface area contributed by atoms with E-state index in [0.717, 1.165) is 0 Å². The van der Waals surface area contributed by atoms with Gasteiger partial charge in [0, 0.05) is 11.9 Å². The lowest BCUT2D eigenvalue weighted by Gasteiger charge is -2.06. The molecule has 0 fully saturated rings. The van der Waals surface area contributed by atoms with E-state index >= 15 is 0 Å². The fourth-order valence-corrected chi connectivity index (χ4v) is 1.43. The van der Waals surface area contributed by atoms with E-state index in [1.54, 1.807) is 19.1 Å². The summed E-state index contributed by atoms with van der Waals surface area (Å²) in [6, 6.07) is 7.22. The third-order valence-corrected chi connectivity index (χ3v) is 2.43. The van der Waals surface area contributed by atoms with Crippen LogP contribution in [-0.2, 0) is 0 Å². The Bertz CT molecular complexity index is 599. The highest BCUT2D eigenvalue weighted by Crippen LogP contribution is 2.17. The van der Waals surface area contributed by atoms with E-state index in [1.807, 2.05) is 0 Å². The molecule has 0 saturated carbocycles. The Kier molecular flexibility index (Phi) is 3.23. The summed E-state index contributed by atoms with van der Waals surface area (Å²) in [4.78, 5) is 15.5. The molecule has 2 rings (SSSR count). The molecule has 18 heavy (non-hydrogen) atoms. The average Bonchev–Trinajstić information content (AvgIpc) is 2.34. The Hall–Kier alpha value is -2.43. The third kappa shape index (κ3) is 2.45. The van der Waals surface area contributed by atoms with Gasteiger partial charge in [0.05, 0.1) is 0 Å². The normalized spacial score (nSPS) is 10.1. The number of carbonyl (C=O) groups excluding carboxylic acids is 1. The summed E-state index contributed by atoms with van der Waals surface area (Å²) in [6.07, 6.45) is 1.39. The lowest BCUT2D eigenvalue weighted by molar-refractivity contribution is 0.101. The minimum absolute atomic E-state index is 0.0986. The van der Waals surface area contributed by atoms with E-state index in [1.165, 1.54) is 24.4 Å². The molecule has 92 valence electrons. The molecule has 0 aliphatic heterocycles. The number of anilines is 1. The molecule has 5 heteroatoms. The Balaban J connectivity index is 2.22. The van der Waals surface area contributed by atoms with Crippen LogP contribution in [-0.4, -0.2) is 16.0 Å². The van der Waals surface area contributed by atoms with Gasteiger partial charge in [-0.1, -0.05) is 6.07 Å². The Morgan fingerprint density at radius 2 is 2.17 bits per heavy atom. The average molecular weight is 246 g/mol. The zero-order chi connectivity index (χ0) is 13.1. The molecule has 0 spiro atoms. The van der Waals surface area contributed by atoms with Gasteiger partial charge >= 0.3 is 0 Å². The van der Waals surface area contributed by atoms with Crippen molar-refractivity contribution in [2.45, 2.75) is 6.92 Å². The highest BCUT2D eigenvalue weighted by Gasteiger charge is 2.12. The molecule has 4 nitrogen and oxygen atoms in total. The molecule has 0 atom stereocenters. The van der Waals surface area contributed by atoms with Crippen molar-refractivity contribution in [3.05, 3.63) is 53.6 Å². The van der Waals surface area contributed by atoms with Crippen molar-refractivity contribution in [2.75, 3.05) is 5.32 Å². The van der Waals surface area contributed by atoms with Gasteiger partial charge in [-0.25, -0.2) is 9.37 Å². The van der Waals surface area contributed by atoms with Crippen LogP contribution in [0.4, 0.5) is 10.1 Å². The molecule has 1 aromatic heterocycles. The van der Waals surface area contributed by atoms with Gasteiger partial charge in [0.25, 0.3) is 5.91 Å². The SMILES string of the molecule is Cc1ccc(NC(=O)c2ncccc2O)cc1F. The summed E-state index contributed by atoms with van der Waals surface area (Å²) >= 11 is 0. The number of carbonyl (C=O) groups is 1. The van der Waals surface area contributed by atoms with Gasteiger partial charge in [-0.05, 0) is 36.8 Å². The van der Waals surface area contributed by atoms with Crippen LogP contribution in [0.25, 0.3) is 0 Å². The van der Waals surface area contributed by atoms with Crippen molar-refractivity contribution in [2.24, 2.45) is 0 Å². The number of benzene rings is 1. The zero-order valence-corrected chi connectivity index (χ0v) is 9.64. The second-order valence-corrected chi connectivity index (χ2v) is 3.79. The summed E-state index contributed by atoms with van der Waals surface area (Å²) in [5, 5.41) is 11.9. The van der Waals surface area contributed by atoms with Gasteiger partial charge in [-0.15, -0.1) is 0 Å². The number of nitrogens with one attached hydrogen (secondary N) is 1. The number of pyridine rings is 1. The molecule has 2 N–H and O–H groups in total. The number of amides is 1. The summed E-state index contributed by atoms with van der Waals surface area (Å²) in [5.41, 5.74) is 0.709. The maximum atomic E-state index is 13.3. The van der Waals surface area contributed by atoms with Crippen LogP contribution in [0, 0.1) is 12.7 Å². The predicted octanol–water partition coefficient (Wildman–Crippen LogP) is 2.49. The van der Waals surface area contributed by atoms with Crippen LogP contribution < -0.4 is 5.32 Å². The predicted molar refractivity (Wildman–Crippen MR) is 65.0 cm³/mol. The molecule has 0 aliphatic carbocycles. The van der Waals surface area contributed by atoms with Gasteiger partial charge in [-0.3, -0.25) is 4.79 Å². The molecule has 0 saturated heterocycles. The monoisotopic (exact) mass is 246 g/mol. The van der Waals surface area contributed by atoms with E-state index in [9.17, 15) is 14.3 Å². The number of aromatic hydroxyl groups is 1. The zero-order valence-electron chi connectivity index (χ0n) is 9.64. The van der Waals surface area contributed by atoms with E-state index in [2.05, 4.69) is 10.3 Å². The number of aryl methyl sites for hydroxylation is 1. The lowest BCUT2D eigenvalue weighted by Crippen LogP contribution is -2.13. The molecule has 1 aromatic carbocycles. The van der Waals surface area contributed by atoms with Crippen molar-refractivity contribution in [1.29, 1.82) is 0 Å². The van der Waals surface area contributed by atoms with Crippen LogP contribution >= 0.6 is 0 Å². The number of halogens is 1. The number of rotatable bonds is 2. The highest BCUT2D eigenvalue weighted by molar-refractivity contribution is 6.04. The summed E-state index contributed by atoms with van der Waals surface area (Å²) in [5.74, 6) is -1.21. The Labute approximate surface area is 103 Å². The van der Waals surface area contributed by atoms with Gasteiger partial charge in [-0.2, -0.15) is 0 Å². The van der Waals surface area contributed by atoms with E-state index < -0.39 is 11.7 Å². The van der Waals surface area contributed by atoms with Gasteiger partial charge < -0.3 is 10.4 Å². The van der Waals surface area contributed by atoms with E-state index in [4.69, 9.17) is 0 Å². The number of nitrogens with zero attached hydrogens (tertiary/aromatic N) is 1. The van der Waals surface area contributed by atoms with Crippen molar-refractivity contribution in [3.63, 3.8) is 0 Å². The van der Waals surface area contributed by atoms with Crippen molar-refractivity contribution in [1.82, 2.24) is 4.98 Å². The summed E-state index contributed by atoms with van der Waals surface area (Å²) < 4.78 is 13.3. The quantitative estimate of drug-likeness (QED) is 0.855. The van der Waals surface area contributed by atoms with Crippen molar-refractivity contribution in [3.8, 4) is 5.75 Å². The third-order valence-electron chi connectivity index (χ3n) is 2.43. The molecule has 2 aromatic rings. The molecule has 0 unspecified atom stereocenters. The van der Waals surface area contributed by atoms with Crippen LogP contribution in [0.3, 0.4) is 0 Å². The first-order valence-electron chi connectivity index (χ1n) is 5.29. The molecule has 0 aliphatic rings. The van der Waals surface area contributed by atoms with Crippen LogP contribution in [0.15, 0.2) is 36.5 Å². The van der Waals surface area contributed by atoms with Crippen LogP contribution in [0.1, 0.15) is 16.1 Å². The molecule has 1 amide bonds. The maximum absolute atomic E-state index is 13.3. The molecular weight excluding hydrogens is 235 g/mol. The molecule has 0 bridgehead atoms. The first-order chi connectivity index (χ1) is 8.58. The van der Waals surface area contributed by atoms with Crippen molar-refractivity contribution < 1.29 is 14.3 Å². The van der Waals surface area contributed by atoms with Crippen LogP contribution in [0.5, 0.6) is 5.75 Å². The fourth-order valence-electron chi connectivity index (χ4n) is 1.43. The Morgan fingerprint density at radius 1 is 1.39 bits per heavy atom. The smallest absolute Gasteiger partial charge is 0.278 e. The largest absolute Gasteiger partial charge is 0.505 e. The fraction of sp³-hybridized carbons (Fsp3) is 0.0769. The number of hydrogen-bond acceptors (Lipinski definition) is 3. The second-order valence-electron chi connectivity index (χ2n) is 3.79. The second kappa shape index (κ2) is 4.83. The first kappa shape index (κ1) is 12.0. The molecule has 1 heterocycles. The maximum Gasteiger partial charge on any atom is 0.278 e. The number of aromatic nitrogens is 1. The van der Waals surface area contributed by atoms with E-state index in [-0.39, 0.29) is 11.4 Å².